The number of nitrogens with two attached hydrogens (primary N) is 1. The molecule has 1 amide bonds. The number of aromatic nitrogens is 1. The normalized spacial score (nSPS) is 17.5. The topological polar surface area (TPSA) is 95.3 Å². The Morgan fingerprint density at radius 1 is 1.14 bits per heavy atom. The van der Waals surface area contributed by atoms with Crippen LogP contribution in [0.5, 0.6) is 0 Å². The number of anilines is 4. The molecule has 7 nitrogen and oxygen atoms in total. The Hall–Kier alpha value is -2.80. The molecule has 0 bridgehead atoms. The van der Waals surface area contributed by atoms with Gasteiger partial charge in [-0.3, -0.25) is 4.79 Å². The van der Waals surface area contributed by atoms with E-state index in [9.17, 15) is 4.79 Å². The van der Waals surface area contributed by atoms with Gasteiger partial charge in [-0.1, -0.05) is 0 Å². The molecule has 4 rings (SSSR count). The van der Waals surface area contributed by atoms with Gasteiger partial charge in [0, 0.05) is 42.8 Å². The number of hydrogen-bond donors (Lipinski definition) is 4. The number of amides is 1. The summed E-state index contributed by atoms with van der Waals surface area (Å²) in [5.74, 6) is 0.223. The van der Waals surface area contributed by atoms with Gasteiger partial charge in [0.15, 0.2) is 0 Å². The third kappa shape index (κ3) is 4.36. The fourth-order valence-corrected chi connectivity index (χ4v) is 3.90. The van der Waals surface area contributed by atoms with Crippen LogP contribution in [-0.4, -0.2) is 43.1 Å². The predicted molar refractivity (Wildman–Crippen MR) is 113 cm³/mol. The van der Waals surface area contributed by atoms with Crippen LogP contribution < -0.4 is 26.6 Å². The summed E-state index contributed by atoms with van der Waals surface area (Å²) < 4.78 is 0. The van der Waals surface area contributed by atoms with Gasteiger partial charge in [0.25, 0.3) is 5.91 Å². The van der Waals surface area contributed by atoms with Gasteiger partial charge in [0.2, 0.25) is 0 Å². The smallest absolute Gasteiger partial charge is 0.252 e. The summed E-state index contributed by atoms with van der Waals surface area (Å²) >= 11 is 0. The highest BCUT2D eigenvalue weighted by Gasteiger charge is 2.17. The van der Waals surface area contributed by atoms with Gasteiger partial charge in [0.05, 0.1) is 11.3 Å². The lowest BCUT2D eigenvalue weighted by atomic mass is 10.1. The molecule has 2 aromatic rings. The lowest BCUT2D eigenvalue weighted by molar-refractivity contribution is 0.100. The number of piperidine rings is 1. The molecular weight excluding hydrogens is 352 g/mol. The van der Waals surface area contributed by atoms with E-state index in [0.29, 0.717) is 17.4 Å². The first-order valence-corrected chi connectivity index (χ1v) is 10.1. The van der Waals surface area contributed by atoms with Crippen LogP contribution in [0.1, 0.15) is 36.0 Å². The van der Waals surface area contributed by atoms with E-state index < -0.39 is 5.91 Å². The van der Waals surface area contributed by atoms with Gasteiger partial charge in [-0.05, 0) is 63.0 Å². The zero-order valence-electron chi connectivity index (χ0n) is 16.1. The number of nitrogens with zero attached hydrogens (tertiary/aromatic N) is 2. The van der Waals surface area contributed by atoms with Gasteiger partial charge < -0.3 is 26.6 Å². The molecule has 28 heavy (non-hydrogen) atoms. The molecule has 1 aromatic carbocycles. The van der Waals surface area contributed by atoms with E-state index in [2.05, 4.69) is 50.1 Å². The second-order valence-corrected chi connectivity index (χ2v) is 7.51. The molecule has 2 aliphatic rings. The number of nitrogens with one attached hydrogen (secondary N) is 3. The van der Waals surface area contributed by atoms with Gasteiger partial charge in [-0.2, -0.15) is 0 Å². The molecule has 0 atom stereocenters. The van der Waals surface area contributed by atoms with Crippen LogP contribution in [0.25, 0.3) is 0 Å². The predicted octanol–water partition coefficient (Wildman–Crippen LogP) is 2.69. The van der Waals surface area contributed by atoms with Crippen molar-refractivity contribution in [1.82, 2.24) is 10.3 Å². The van der Waals surface area contributed by atoms with Crippen LogP contribution in [0.2, 0.25) is 0 Å². The Kier molecular flexibility index (Phi) is 5.62. The van der Waals surface area contributed by atoms with Crippen molar-refractivity contribution in [3.63, 3.8) is 0 Å². The first kappa shape index (κ1) is 18.6. The average molecular weight is 380 g/mol. The maximum atomic E-state index is 11.8. The summed E-state index contributed by atoms with van der Waals surface area (Å²) in [5, 5.41) is 10.2. The second-order valence-electron chi connectivity index (χ2n) is 7.51. The number of hydrogen-bond acceptors (Lipinski definition) is 6. The SMILES string of the molecule is NC(=O)c1cnc(Nc2ccc(N3CCCC3)cc2)cc1NC1CCNCC1. The minimum atomic E-state index is -0.467. The lowest BCUT2D eigenvalue weighted by Gasteiger charge is -2.25. The van der Waals surface area contributed by atoms with Crippen molar-refractivity contribution in [2.75, 3.05) is 41.7 Å². The summed E-state index contributed by atoms with van der Waals surface area (Å²) in [6.45, 7) is 4.22. The van der Waals surface area contributed by atoms with Crippen molar-refractivity contribution < 1.29 is 4.79 Å². The van der Waals surface area contributed by atoms with Crippen molar-refractivity contribution in [3.05, 3.63) is 42.1 Å². The quantitative estimate of drug-likeness (QED) is 0.615. The Balaban J connectivity index is 1.49. The molecule has 148 valence electrons. The Labute approximate surface area is 165 Å². The Morgan fingerprint density at radius 3 is 2.54 bits per heavy atom. The van der Waals surface area contributed by atoms with Gasteiger partial charge in [0.1, 0.15) is 5.82 Å². The van der Waals surface area contributed by atoms with Crippen LogP contribution in [0.3, 0.4) is 0 Å². The minimum Gasteiger partial charge on any atom is -0.381 e. The van der Waals surface area contributed by atoms with Crippen molar-refractivity contribution in [3.8, 4) is 0 Å². The van der Waals surface area contributed by atoms with Crippen LogP contribution in [0.4, 0.5) is 22.9 Å². The van der Waals surface area contributed by atoms with Crippen LogP contribution >= 0.6 is 0 Å². The molecule has 0 saturated carbocycles. The first-order chi connectivity index (χ1) is 13.7. The zero-order valence-corrected chi connectivity index (χ0v) is 16.1. The number of carbonyl (C=O) groups excluding carboxylic acids is 1. The number of carbonyl (C=O) groups is 1. The summed E-state index contributed by atoms with van der Waals surface area (Å²) in [6, 6.07) is 10.6. The number of primary amides is 1. The zero-order chi connectivity index (χ0) is 19.3. The minimum absolute atomic E-state index is 0.328. The molecule has 2 aliphatic heterocycles. The first-order valence-electron chi connectivity index (χ1n) is 10.1. The largest absolute Gasteiger partial charge is 0.381 e. The molecule has 0 radical (unpaired) electrons. The molecule has 2 fully saturated rings. The van der Waals surface area contributed by atoms with E-state index in [1.807, 2.05) is 6.07 Å². The van der Waals surface area contributed by atoms with Gasteiger partial charge >= 0.3 is 0 Å². The molecular formula is C21H28N6O. The van der Waals surface area contributed by atoms with Gasteiger partial charge in [-0.15, -0.1) is 0 Å². The third-order valence-corrected chi connectivity index (χ3v) is 5.48. The van der Waals surface area contributed by atoms with E-state index in [1.165, 1.54) is 18.5 Å². The fraction of sp³-hybridized carbons (Fsp3) is 0.429. The number of benzene rings is 1. The van der Waals surface area contributed by atoms with E-state index in [0.717, 1.165) is 50.4 Å². The molecule has 1 aromatic heterocycles. The maximum absolute atomic E-state index is 11.8. The molecule has 0 aliphatic carbocycles. The van der Waals surface area contributed by atoms with E-state index >= 15 is 0 Å². The lowest BCUT2D eigenvalue weighted by Crippen LogP contribution is -2.35. The maximum Gasteiger partial charge on any atom is 0.252 e. The highest BCUT2D eigenvalue weighted by Crippen LogP contribution is 2.26. The summed E-state index contributed by atoms with van der Waals surface area (Å²) in [5.41, 5.74) is 8.93. The standard InChI is InChI=1S/C21H28N6O/c22-21(28)18-14-24-20(13-19(18)25-16-7-9-23-10-8-16)26-15-3-5-17(6-4-15)27-11-1-2-12-27/h3-6,13-14,16,23H,1-2,7-12H2,(H2,22,28)(H2,24,25,26). The van der Waals surface area contributed by atoms with Crippen molar-refractivity contribution in [2.24, 2.45) is 5.73 Å². The fourth-order valence-electron chi connectivity index (χ4n) is 3.90. The van der Waals surface area contributed by atoms with Crippen LogP contribution in [-0.2, 0) is 0 Å². The second kappa shape index (κ2) is 8.48. The Morgan fingerprint density at radius 2 is 1.86 bits per heavy atom. The molecule has 0 unspecified atom stereocenters. The summed E-state index contributed by atoms with van der Waals surface area (Å²) in [6.07, 6.45) is 6.11. The summed E-state index contributed by atoms with van der Waals surface area (Å²) in [4.78, 5) is 18.6. The highest BCUT2D eigenvalue weighted by molar-refractivity contribution is 5.98. The molecule has 2 saturated heterocycles. The Bertz CT molecular complexity index is 810. The molecule has 7 heteroatoms. The van der Waals surface area contributed by atoms with Crippen molar-refractivity contribution in [2.45, 2.75) is 31.7 Å². The third-order valence-electron chi connectivity index (χ3n) is 5.48. The van der Waals surface area contributed by atoms with Crippen molar-refractivity contribution in [1.29, 1.82) is 0 Å². The van der Waals surface area contributed by atoms with E-state index in [-0.39, 0.29) is 0 Å². The summed E-state index contributed by atoms with van der Waals surface area (Å²) in [7, 11) is 0. The van der Waals surface area contributed by atoms with Crippen molar-refractivity contribution >= 4 is 28.8 Å². The highest BCUT2D eigenvalue weighted by atomic mass is 16.1. The number of pyridine rings is 1. The van der Waals surface area contributed by atoms with Crippen LogP contribution in [0.15, 0.2) is 36.5 Å². The van der Waals surface area contributed by atoms with Gasteiger partial charge in [-0.25, -0.2) is 4.98 Å². The average Bonchev–Trinajstić information content (AvgIpc) is 3.24. The molecule has 0 spiro atoms. The van der Waals surface area contributed by atoms with Crippen LogP contribution in [0, 0.1) is 0 Å². The van der Waals surface area contributed by atoms with E-state index in [4.69, 9.17) is 5.73 Å². The molecule has 5 N–H and O–H groups in total. The van der Waals surface area contributed by atoms with E-state index in [1.54, 1.807) is 6.20 Å². The number of rotatable bonds is 6. The monoisotopic (exact) mass is 380 g/mol. The molecule has 3 heterocycles.